The highest BCUT2D eigenvalue weighted by atomic mass is 35.5. The molecule has 1 heterocycles. The lowest BCUT2D eigenvalue weighted by Gasteiger charge is -2.05. The first-order valence-corrected chi connectivity index (χ1v) is 10.5. The molecule has 0 saturated heterocycles. The van der Waals surface area contributed by atoms with E-state index in [0.717, 1.165) is 11.1 Å². The molecular weight excluding hydrogens is 432 g/mol. The minimum absolute atomic E-state index is 0.193. The van der Waals surface area contributed by atoms with Gasteiger partial charge in [-0.2, -0.15) is 5.10 Å². The Balaban J connectivity index is 1.57. The van der Waals surface area contributed by atoms with Gasteiger partial charge in [0.2, 0.25) is 5.13 Å². The minimum Gasteiger partial charge on any atom is -0.508 e. The summed E-state index contributed by atoms with van der Waals surface area (Å²) < 4.78 is 0. The van der Waals surface area contributed by atoms with Crippen molar-refractivity contribution in [2.24, 2.45) is 5.10 Å². The number of aromatic hydroxyl groups is 1. The Morgan fingerprint density at radius 1 is 1.00 bits per heavy atom. The van der Waals surface area contributed by atoms with Crippen molar-refractivity contribution < 1.29 is 9.90 Å². The van der Waals surface area contributed by atoms with Crippen molar-refractivity contribution in [1.82, 2.24) is 4.98 Å². The molecule has 3 N–H and O–H groups in total. The number of phenolic OH excluding ortho intramolecular Hbond substituents is 1. The molecule has 0 radical (unpaired) electrons. The van der Waals surface area contributed by atoms with Crippen LogP contribution in [-0.4, -0.2) is 22.2 Å². The molecule has 0 spiro atoms. The number of aromatic nitrogens is 1. The van der Waals surface area contributed by atoms with Gasteiger partial charge >= 0.3 is 0 Å². The van der Waals surface area contributed by atoms with E-state index >= 15 is 0 Å². The van der Waals surface area contributed by atoms with Crippen molar-refractivity contribution in [3.8, 4) is 17.0 Å². The minimum atomic E-state index is -0.253. The van der Waals surface area contributed by atoms with E-state index in [0.29, 0.717) is 26.4 Å². The number of hydrazone groups is 1. The zero-order valence-corrected chi connectivity index (χ0v) is 17.7. The van der Waals surface area contributed by atoms with Gasteiger partial charge in [-0.05, 0) is 54.1 Å². The number of rotatable bonds is 6. The first kappa shape index (κ1) is 20.6. The molecule has 4 aromatic rings. The monoisotopic (exact) mass is 448 g/mol. The molecule has 1 aromatic heterocycles. The van der Waals surface area contributed by atoms with Gasteiger partial charge in [-0.15, -0.1) is 0 Å². The number of carbonyl (C=O) groups excluding carboxylic acids is 1. The lowest BCUT2D eigenvalue weighted by Crippen LogP contribution is -2.11. The van der Waals surface area contributed by atoms with Crippen LogP contribution >= 0.6 is 22.9 Å². The van der Waals surface area contributed by atoms with E-state index in [4.69, 9.17) is 11.6 Å². The zero-order valence-electron chi connectivity index (χ0n) is 16.1. The molecule has 0 aliphatic carbocycles. The fraction of sp³-hybridized carbons (Fsp3) is 0. The standard InChI is InChI=1S/C23H17ClN4O2S/c24-18-10-8-17(9-11-18)21(30)27-22-20(16-4-2-1-3-5-16)26-23(31-22)28-25-14-15-6-12-19(29)13-7-15/h1-14,29H,(H,26,28)(H,27,30)/b25-14+. The van der Waals surface area contributed by atoms with Crippen LogP contribution in [0.1, 0.15) is 15.9 Å². The third kappa shape index (κ3) is 5.28. The van der Waals surface area contributed by atoms with Gasteiger partial charge in [0.15, 0.2) is 0 Å². The molecule has 0 atom stereocenters. The van der Waals surface area contributed by atoms with E-state index < -0.39 is 0 Å². The lowest BCUT2D eigenvalue weighted by atomic mass is 10.1. The number of nitrogens with zero attached hydrogens (tertiary/aromatic N) is 2. The SMILES string of the molecule is O=C(Nc1sc(N/N=C/c2ccc(O)cc2)nc1-c1ccccc1)c1ccc(Cl)cc1. The Bertz CT molecular complexity index is 1210. The Morgan fingerprint density at radius 2 is 1.71 bits per heavy atom. The third-order valence-corrected chi connectivity index (χ3v) is 5.40. The Kier molecular flexibility index (Phi) is 6.26. The number of nitrogens with one attached hydrogen (secondary N) is 2. The predicted octanol–water partition coefficient (Wildman–Crippen LogP) is 5.87. The van der Waals surface area contributed by atoms with Gasteiger partial charge in [0.1, 0.15) is 16.4 Å². The summed E-state index contributed by atoms with van der Waals surface area (Å²) in [6.45, 7) is 0. The molecule has 0 aliphatic heterocycles. The largest absolute Gasteiger partial charge is 0.508 e. The van der Waals surface area contributed by atoms with Crippen LogP contribution in [0.3, 0.4) is 0 Å². The molecule has 0 fully saturated rings. The maximum atomic E-state index is 12.7. The number of thiazole rings is 1. The summed E-state index contributed by atoms with van der Waals surface area (Å²) in [5.41, 5.74) is 5.75. The van der Waals surface area contributed by atoms with Crippen molar-refractivity contribution in [2.75, 3.05) is 10.7 Å². The maximum absolute atomic E-state index is 12.7. The van der Waals surface area contributed by atoms with Crippen molar-refractivity contribution >= 4 is 45.2 Å². The smallest absolute Gasteiger partial charge is 0.256 e. The van der Waals surface area contributed by atoms with Crippen LogP contribution in [0.2, 0.25) is 5.02 Å². The fourth-order valence-corrected chi connectivity index (χ4v) is 3.70. The molecule has 0 saturated carbocycles. The molecule has 6 nitrogen and oxygen atoms in total. The van der Waals surface area contributed by atoms with E-state index in [1.54, 1.807) is 54.7 Å². The Labute approximate surface area is 187 Å². The van der Waals surface area contributed by atoms with Crippen LogP contribution in [0.5, 0.6) is 5.75 Å². The molecule has 4 rings (SSSR count). The van der Waals surface area contributed by atoms with E-state index in [-0.39, 0.29) is 11.7 Å². The van der Waals surface area contributed by atoms with Crippen molar-refractivity contribution in [1.29, 1.82) is 0 Å². The Hall–Kier alpha value is -3.68. The molecule has 8 heteroatoms. The fourth-order valence-electron chi connectivity index (χ4n) is 2.74. The summed E-state index contributed by atoms with van der Waals surface area (Å²) in [5.74, 6) is -0.0600. The average molecular weight is 449 g/mol. The average Bonchev–Trinajstić information content (AvgIpc) is 3.18. The number of carbonyl (C=O) groups is 1. The number of hydrogen-bond donors (Lipinski definition) is 3. The van der Waals surface area contributed by atoms with Gasteiger partial charge in [-0.3, -0.25) is 10.2 Å². The molecule has 154 valence electrons. The number of halogens is 1. The first-order valence-electron chi connectivity index (χ1n) is 9.30. The predicted molar refractivity (Wildman–Crippen MR) is 126 cm³/mol. The van der Waals surface area contributed by atoms with Crippen molar-refractivity contribution in [3.05, 3.63) is 95.0 Å². The number of anilines is 2. The quantitative estimate of drug-likeness (QED) is 0.254. The van der Waals surface area contributed by atoms with Crippen LogP contribution < -0.4 is 10.7 Å². The summed E-state index contributed by atoms with van der Waals surface area (Å²) >= 11 is 7.20. The number of hydrogen-bond acceptors (Lipinski definition) is 6. The summed E-state index contributed by atoms with van der Waals surface area (Å²) in [7, 11) is 0. The van der Waals surface area contributed by atoms with Gasteiger partial charge in [0.05, 0.1) is 6.21 Å². The molecule has 0 bridgehead atoms. The molecule has 3 aromatic carbocycles. The van der Waals surface area contributed by atoms with E-state index in [1.165, 1.54) is 11.3 Å². The van der Waals surface area contributed by atoms with Gasteiger partial charge in [0.25, 0.3) is 5.91 Å². The normalized spacial score (nSPS) is 10.9. The van der Waals surface area contributed by atoms with Crippen LogP contribution in [0.4, 0.5) is 10.1 Å². The highest BCUT2D eigenvalue weighted by Crippen LogP contribution is 2.36. The molecule has 31 heavy (non-hydrogen) atoms. The van der Waals surface area contributed by atoms with Gasteiger partial charge < -0.3 is 10.4 Å². The van der Waals surface area contributed by atoms with E-state index in [2.05, 4.69) is 20.8 Å². The van der Waals surface area contributed by atoms with Crippen LogP contribution in [0.15, 0.2) is 84.0 Å². The number of amides is 1. The highest BCUT2D eigenvalue weighted by molar-refractivity contribution is 7.20. The van der Waals surface area contributed by atoms with E-state index in [9.17, 15) is 9.90 Å². The van der Waals surface area contributed by atoms with Crippen molar-refractivity contribution in [3.63, 3.8) is 0 Å². The number of phenols is 1. The van der Waals surface area contributed by atoms with Crippen LogP contribution in [0.25, 0.3) is 11.3 Å². The van der Waals surface area contributed by atoms with E-state index in [1.807, 2.05) is 30.3 Å². The summed E-state index contributed by atoms with van der Waals surface area (Å²) in [6.07, 6.45) is 1.62. The zero-order chi connectivity index (χ0) is 21.6. The second kappa shape index (κ2) is 9.42. The molecule has 0 aliphatic rings. The Morgan fingerprint density at radius 3 is 2.42 bits per heavy atom. The molecular formula is C23H17ClN4O2S. The van der Waals surface area contributed by atoms with Gasteiger partial charge in [0, 0.05) is 16.1 Å². The summed E-state index contributed by atoms with van der Waals surface area (Å²) in [4.78, 5) is 17.3. The van der Waals surface area contributed by atoms with Crippen molar-refractivity contribution in [2.45, 2.75) is 0 Å². The second-order valence-electron chi connectivity index (χ2n) is 6.49. The summed E-state index contributed by atoms with van der Waals surface area (Å²) in [5, 5.41) is 18.2. The number of benzene rings is 3. The van der Waals surface area contributed by atoms with Crippen LogP contribution in [-0.2, 0) is 0 Å². The van der Waals surface area contributed by atoms with Crippen LogP contribution in [0, 0.1) is 0 Å². The third-order valence-electron chi connectivity index (χ3n) is 4.27. The maximum Gasteiger partial charge on any atom is 0.256 e. The molecule has 1 amide bonds. The highest BCUT2D eigenvalue weighted by Gasteiger charge is 2.16. The lowest BCUT2D eigenvalue weighted by molar-refractivity contribution is 0.102. The van der Waals surface area contributed by atoms with Gasteiger partial charge in [-0.25, -0.2) is 4.98 Å². The first-order chi connectivity index (χ1) is 15.1. The molecule has 0 unspecified atom stereocenters. The second-order valence-corrected chi connectivity index (χ2v) is 7.92. The summed E-state index contributed by atoms with van der Waals surface area (Å²) in [6, 6.07) is 22.9. The van der Waals surface area contributed by atoms with Gasteiger partial charge in [-0.1, -0.05) is 53.3 Å². The topological polar surface area (TPSA) is 86.6 Å².